The van der Waals surface area contributed by atoms with Gasteiger partial charge in [-0.3, -0.25) is 10.2 Å². The Kier molecular flexibility index (Phi) is 4.53. The highest BCUT2D eigenvalue weighted by Gasteiger charge is 2.02. The smallest absolute Gasteiger partial charge is 0.234 e. The number of nitrogens with two attached hydrogens (primary N) is 1. The number of rotatable bonds is 5. The molecule has 98 valence electrons. The third-order valence-electron chi connectivity index (χ3n) is 2.68. The van der Waals surface area contributed by atoms with Crippen LogP contribution in [0.25, 0.3) is 0 Å². The van der Waals surface area contributed by atoms with E-state index in [1.165, 1.54) is 0 Å². The molecule has 4 heteroatoms. The largest absolute Gasteiger partial charge is 0.457 e. The van der Waals surface area contributed by atoms with Crippen molar-refractivity contribution in [1.29, 1.82) is 0 Å². The van der Waals surface area contributed by atoms with Gasteiger partial charge in [0, 0.05) is 6.42 Å². The van der Waals surface area contributed by atoms with Crippen LogP contribution in [0.3, 0.4) is 0 Å². The van der Waals surface area contributed by atoms with Crippen LogP contribution in [0.2, 0.25) is 0 Å². The summed E-state index contributed by atoms with van der Waals surface area (Å²) >= 11 is 0. The van der Waals surface area contributed by atoms with E-state index in [-0.39, 0.29) is 5.91 Å². The summed E-state index contributed by atoms with van der Waals surface area (Å²) in [6, 6.07) is 17.3. The van der Waals surface area contributed by atoms with Gasteiger partial charge >= 0.3 is 0 Å². The molecule has 0 fully saturated rings. The van der Waals surface area contributed by atoms with E-state index >= 15 is 0 Å². The molecule has 0 aliphatic heterocycles. The Bertz CT molecular complexity index is 541. The molecule has 0 radical (unpaired) electrons. The normalized spacial score (nSPS) is 9.95. The number of para-hydroxylation sites is 1. The molecule has 0 saturated heterocycles. The molecule has 0 bridgehead atoms. The van der Waals surface area contributed by atoms with Gasteiger partial charge in [0.1, 0.15) is 11.5 Å². The zero-order valence-corrected chi connectivity index (χ0v) is 10.5. The van der Waals surface area contributed by atoms with E-state index < -0.39 is 0 Å². The Hall–Kier alpha value is -2.33. The monoisotopic (exact) mass is 256 g/mol. The molecule has 4 nitrogen and oxygen atoms in total. The first kappa shape index (κ1) is 13.1. The molecule has 0 spiro atoms. The summed E-state index contributed by atoms with van der Waals surface area (Å²) in [5.74, 6) is 6.42. The predicted octanol–water partition coefficient (Wildman–Crippen LogP) is 2.40. The summed E-state index contributed by atoms with van der Waals surface area (Å²) in [5, 5.41) is 0. The lowest BCUT2D eigenvalue weighted by Crippen LogP contribution is -2.30. The molecule has 19 heavy (non-hydrogen) atoms. The van der Waals surface area contributed by atoms with E-state index in [0.29, 0.717) is 12.8 Å². The molecule has 0 heterocycles. The summed E-state index contributed by atoms with van der Waals surface area (Å²) in [4.78, 5) is 11.1. The second kappa shape index (κ2) is 6.56. The number of benzene rings is 2. The fraction of sp³-hybridized carbons (Fsp3) is 0.133. The number of aryl methyl sites for hydroxylation is 1. The van der Waals surface area contributed by atoms with Crippen molar-refractivity contribution in [1.82, 2.24) is 5.43 Å². The van der Waals surface area contributed by atoms with Gasteiger partial charge < -0.3 is 4.74 Å². The molecule has 2 aromatic rings. The van der Waals surface area contributed by atoms with E-state index in [0.717, 1.165) is 17.1 Å². The first-order chi connectivity index (χ1) is 9.28. The van der Waals surface area contributed by atoms with Crippen molar-refractivity contribution < 1.29 is 9.53 Å². The fourth-order valence-electron chi connectivity index (χ4n) is 1.72. The zero-order valence-electron chi connectivity index (χ0n) is 10.5. The molecule has 0 saturated carbocycles. The summed E-state index contributed by atoms with van der Waals surface area (Å²) in [6.45, 7) is 0. The third-order valence-corrected chi connectivity index (χ3v) is 2.68. The molecule has 2 aromatic carbocycles. The summed E-state index contributed by atoms with van der Waals surface area (Å²) in [7, 11) is 0. The van der Waals surface area contributed by atoms with E-state index in [1.54, 1.807) is 0 Å². The van der Waals surface area contributed by atoms with Crippen LogP contribution in [-0.2, 0) is 11.2 Å². The van der Waals surface area contributed by atoms with Crippen LogP contribution in [0.5, 0.6) is 11.5 Å². The van der Waals surface area contributed by atoms with Gasteiger partial charge in [0.2, 0.25) is 5.91 Å². The molecule has 0 aliphatic carbocycles. The van der Waals surface area contributed by atoms with Crippen molar-refractivity contribution in [3.63, 3.8) is 0 Å². The van der Waals surface area contributed by atoms with Crippen LogP contribution in [0, 0.1) is 0 Å². The molecule has 2 rings (SSSR count). The number of hydrogen-bond donors (Lipinski definition) is 2. The maximum atomic E-state index is 11.1. The Labute approximate surface area is 112 Å². The lowest BCUT2D eigenvalue weighted by atomic mass is 10.1. The second-order valence-electron chi connectivity index (χ2n) is 4.13. The van der Waals surface area contributed by atoms with Gasteiger partial charge in [-0.1, -0.05) is 30.3 Å². The average Bonchev–Trinajstić information content (AvgIpc) is 2.46. The molecule has 1 amide bonds. The number of carbonyl (C=O) groups excluding carboxylic acids is 1. The van der Waals surface area contributed by atoms with Gasteiger partial charge in [-0.2, -0.15) is 0 Å². The van der Waals surface area contributed by atoms with Crippen molar-refractivity contribution >= 4 is 5.91 Å². The van der Waals surface area contributed by atoms with E-state index in [4.69, 9.17) is 10.6 Å². The van der Waals surface area contributed by atoms with Gasteiger partial charge in [0.15, 0.2) is 0 Å². The van der Waals surface area contributed by atoms with E-state index in [9.17, 15) is 4.79 Å². The van der Waals surface area contributed by atoms with Gasteiger partial charge in [-0.05, 0) is 36.2 Å². The molecular formula is C15H16N2O2. The van der Waals surface area contributed by atoms with Crippen molar-refractivity contribution in [2.75, 3.05) is 0 Å². The molecular weight excluding hydrogens is 240 g/mol. The quantitative estimate of drug-likeness (QED) is 0.490. The molecule has 0 aliphatic rings. The van der Waals surface area contributed by atoms with Gasteiger partial charge in [-0.25, -0.2) is 5.84 Å². The maximum absolute atomic E-state index is 11.1. The highest BCUT2D eigenvalue weighted by atomic mass is 16.5. The maximum Gasteiger partial charge on any atom is 0.234 e. The van der Waals surface area contributed by atoms with Crippen molar-refractivity contribution in [2.24, 2.45) is 5.84 Å². The van der Waals surface area contributed by atoms with Crippen LogP contribution in [-0.4, -0.2) is 5.91 Å². The Morgan fingerprint density at radius 1 is 1.05 bits per heavy atom. The van der Waals surface area contributed by atoms with Gasteiger partial charge in [-0.15, -0.1) is 0 Å². The average molecular weight is 256 g/mol. The fourth-order valence-corrected chi connectivity index (χ4v) is 1.72. The zero-order chi connectivity index (χ0) is 13.5. The number of carbonyl (C=O) groups is 1. The minimum Gasteiger partial charge on any atom is -0.457 e. The van der Waals surface area contributed by atoms with Crippen LogP contribution >= 0.6 is 0 Å². The number of amides is 1. The van der Waals surface area contributed by atoms with Gasteiger partial charge in [0.05, 0.1) is 0 Å². The number of ether oxygens (including phenoxy) is 1. The van der Waals surface area contributed by atoms with E-state index in [1.807, 2.05) is 54.6 Å². The first-order valence-electron chi connectivity index (χ1n) is 6.09. The van der Waals surface area contributed by atoms with Crippen LogP contribution in [0.15, 0.2) is 54.6 Å². The second-order valence-corrected chi connectivity index (χ2v) is 4.13. The van der Waals surface area contributed by atoms with Crippen LogP contribution in [0.1, 0.15) is 12.0 Å². The SMILES string of the molecule is NNC(=O)CCc1cccc(Oc2ccccc2)c1. The van der Waals surface area contributed by atoms with Crippen LogP contribution in [0.4, 0.5) is 0 Å². The third kappa shape index (κ3) is 4.12. The highest BCUT2D eigenvalue weighted by Crippen LogP contribution is 2.22. The van der Waals surface area contributed by atoms with E-state index in [2.05, 4.69) is 5.43 Å². The summed E-state index contributed by atoms with van der Waals surface area (Å²) < 4.78 is 5.73. The molecule has 3 N–H and O–H groups in total. The number of hydrogen-bond acceptors (Lipinski definition) is 3. The van der Waals surface area contributed by atoms with Gasteiger partial charge in [0.25, 0.3) is 0 Å². The van der Waals surface area contributed by atoms with Crippen molar-refractivity contribution in [3.05, 3.63) is 60.2 Å². The molecule has 0 aromatic heterocycles. The van der Waals surface area contributed by atoms with Crippen molar-refractivity contribution in [3.8, 4) is 11.5 Å². The summed E-state index contributed by atoms with van der Waals surface area (Å²) in [6.07, 6.45) is 1.00. The minimum absolute atomic E-state index is 0.172. The topological polar surface area (TPSA) is 64.3 Å². The lowest BCUT2D eigenvalue weighted by molar-refractivity contribution is -0.121. The highest BCUT2D eigenvalue weighted by molar-refractivity contribution is 5.75. The molecule has 0 unspecified atom stereocenters. The molecule has 0 atom stereocenters. The predicted molar refractivity (Wildman–Crippen MR) is 73.6 cm³/mol. The summed E-state index contributed by atoms with van der Waals surface area (Å²) in [5.41, 5.74) is 3.16. The Morgan fingerprint density at radius 2 is 1.79 bits per heavy atom. The Balaban J connectivity index is 2.01. The number of nitrogens with one attached hydrogen (secondary N) is 1. The minimum atomic E-state index is -0.172. The standard InChI is InChI=1S/C15H16N2O2/c16-17-15(18)10-9-12-5-4-8-14(11-12)19-13-6-2-1-3-7-13/h1-8,11H,9-10,16H2,(H,17,18). The van der Waals surface area contributed by atoms with Crippen molar-refractivity contribution in [2.45, 2.75) is 12.8 Å². The Morgan fingerprint density at radius 3 is 2.53 bits per heavy atom. The number of hydrazine groups is 1. The van der Waals surface area contributed by atoms with Crippen LogP contribution < -0.4 is 16.0 Å². The lowest BCUT2D eigenvalue weighted by Gasteiger charge is -2.07. The first-order valence-corrected chi connectivity index (χ1v) is 6.09.